The number of hydrogen-bond acceptors (Lipinski definition) is 0. The predicted octanol–water partition coefficient (Wildman–Crippen LogP) is 0.102. The number of rotatable bonds is 9. The molecule has 0 radical (unpaired) electrons. The zero-order valence-corrected chi connectivity index (χ0v) is 9.68. The second-order valence-corrected chi connectivity index (χ2v) is 3.98. The van der Waals surface area contributed by atoms with Crippen LogP contribution in [0, 0.1) is 0 Å². The molecule has 0 aliphatic carbocycles. The molecule has 0 bridgehead atoms. The smallest absolute Gasteiger partial charge is 0.125 e. The molecule has 0 unspecified atom stereocenters. The van der Waals surface area contributed by atoms with Crippen LogP contribution in [0.1, 0.15) is 46.5 Å². The molecule has 4 N–H and O–H groups in total. The summed E-state index contributed by atoms with van der Waals surface area (Å²) in [6.07, 6.45) is 5.41. The first-order chi connectivity index (χ1) is 6.31. The van der Waals surface area contributed by atoms with Gasteiger partial charge in [-0.1, -0.05) is 20.3 Å². The Kier molecular flexibility index (Phi) is 9.94. The first-order valence-electron chi connectivity index (χ1n) is 5.96. The molecular formula is C11H28N2+2. The van der Waals surface area contributed by atoms with Gasteiger partial charge in [0.2, 0.25) is 0 Å². The van der Waals surface area contributed by atoms with E-state index in [0.29, 0.717) is 0 Å². The van der Waals surface area contributed by atoms with Crippen LogP contribution >= 0.6 is 0 Å². The van der Waals surface area contributed by atoms with Gasteiger partial charge in [-0.3, -0.25) is 0 Å². The van der Waals surface area contributed by atoms with E-state index in [1.54, 1.807) is 0 Å². The average Bonchev–Trinajstić information content (AvgIpc) is 2.16. The molecule has 80 valence electrons. The Morgan fingerprint density at radius 3 is 2.38 bits per heavy atom. The lowest BCUT2D eigenvalue weighted by atomic mass is 10.2. The van der Waals surface area contributed by atoms with Crippen LogP contribution in [0.2, 0.25) is 0 Å². The van der Waals surface area contributed by atoms with E-state index in [1.807, 2.05) is 0 Å². The van der Waals surface area contributed by atoms with Crippen molar-refractivity contribution in [3.05, 3.63) is 0 Å². The molecule has 13 heavy (non-hydrogen) atoms. The van der Waals surface area contributed by atoms with Crippen molar-refractivity contribution in [3.63, 3.8) is 0 Å². The molecule has 0 spiro atoms. The first kappa shape index (κ1) is 12.9. The number of hydrogen-bond donors (Lipinski definition) is 2. The van der Waals surface area contributed by atoms with Crippen molar-refractivity contribution in [2.75, 3.05) is 19.6 Å². The minimum Gasteiger partial charge on any atom is -0.342 e. The van der Waals surface area contributed by atoms with Crippen LogP contribution < -0.4 is 10.6 Å². The molecule has 0 aromatic rings. The zero-order valence-electron chi connectivity index (χ0n) is 9.68. The predicted molar refractivity (Wildman–Crippen MR) is 57.7 cm³/mol. The Hall–Kier alpha value is -0.0800. The van der Waals surface area contributed by atoms with Gasteiger partial charge in [-0.15, -0.1) is 0 Å². The maximum Gasteiger partial charge on any atom is 0.125 e. The molecule has 2 heteroatoms. The molecule has 0 rings (SSSR count). The van der Waals surface area contributed by atoms with Crippen LogP contribution in [0.25, 0.3) is 0 Å². The fourth-order valence-electron chi connectivity index (χ4n) is 1.35. The molecule has 0 aliphatic rings. The van der Waals surface area contributed by atoms with Gasteiger partial charge < -0.3 is 10.6 Å². The van der Waals surface area contributed by atoms with Crippen molar-refractivity contribution in [2.45, 2.75) is 52.5 Å². The third kappa shape index (κ3) is 9.84. The molecule has 0 amide bonds. The third-order valence-electron chi connectivity index (χ3n) is 2.60. The van der Waals surface area contributed by atoms with E-state index in [4.69, 9.17) is 0 Å². The van der Waals surface area contributed by atoms with Crippen LogP contribution in [0.5, 0.6) is 0 Å². The number of nitrogens with two attached hydrogens (primary N) is 2. The second kappa shape index (κ2) is 10.0. The van der Waals surface area contributed by atoms with Crippen molar-refractivity contribution in [1.29, 1.82) is 0 Å². The molecule has 0 saturated heterocycles. The fraction of sp³-hybridized carbons (Fsp3) is 1.00. The van der Waals surface area contributed by atoms with Gasteiger partial charge in [-0.2, -0.15) is 0 Å². The van der Waals surface area contributed by atoms with Crippen LogP contribution in [-0.2, 0) is 0 Å². The highest BCUT2D eigenvalue weighted by molar-refractivity contribution is 4.36. The summed E-state index contributed by atoms with van der Waals surface area (Å²) in [7, 11) is 0. The lowest BCUT2D eigenvalue weighted by Crippen LogP contribution is -2.97. The molecule has 2 nitrogen and oxygen atoms in total. The molecular weight excluding hydrogens is 160 g/mol. The first-order valence-corrected chi connectivity index (χ1v) is 5.96. The van der Waals surface area contributed by atoms with Gasteiger partial charge in [0, 0.05) is 0 Å². The van der Waals surface area contributed by atoms with Crippen LogP contribution in [-0.4, -0.2) is 25.7 Å². The van der Waals surface area contributed by atoms with E-state index in [-0.39, 0.29) is 0 Å². The summed E-state index contributed by atoms with van der Waals surface area (Å²) < 4.78 is 0. The van der Waals surface area contributed by atoms with E-state index in [9.17, 15) is 0 Å². The van der Waals surface area contributed by atoms with E-state index in [2.05, 4.69) is 31.4 Å². The van der Waals surface area contributed by atoms with E-state index < -0.39 is 0 Å². The molecule has 0 aromatic carbocycles. The maximum absolute atomic E-state index is 2.45. The van der Waals surface area contributed by atoms with Gasteiger partial charge in [-0.05, 0) is 26.2 Å². The molecule has 0 saturated carbocycles. The molecule has 0 aliphatic heterocycles. The lowest BCUT2D eigenvalue weighted by Gasteiger charge is -2.06. The standard InChI is InChI=1S/C11H26N2/c1-4-6-7-8-12-9-10-13-11(3)5-2/h11-13H,4-10H2,1-3H3/p+2/t11-/m1/s1. The topological polar surface area (TPSA) is 33.2 Å². The highest BCUT2D eigenvalue weighted by Crippen LogP contribution is 1.88. The largest absolute Gasteiger partial charge is 0.342 e. The van der Waals surface area contributed by atoms with Gasteiger partial charge >= 0.3 is 0 Å². The Morgan fingerprint density at radius 2 is 1.77 bits per heavy atom. The summed E-state index contributed by atoms with van der Waals surface area (Å²) in [4.78, 5) is 0. The molecule has 0 aromatic heterocycles. The average molecular weight is 188 g/mol. The molecule has 0 fully saturated rings. The fourth-order valence-corrected chi connectivity index (χ4v) is 1.35. The van der Waals surface area contributed by atoms with Gasteiger partial charge in [-0.25, -0.2) is 0 Å². The summed E-state index contributed by atoms with van der Waals surface area (Å²) in [6.45, 7) is 10.7. The normalized spacial score (nSPS) is 13.2. The van der Waals surface area contributed by atoms with Crippen LogP contribution in [0.15, 0.2) is 0 Å². The summed E-state index contributed by atoms with van der Waals surface area (Å²) in [5.74, 6) is 0. The van der Waals surface area contributed by atoms with E-state index in [1.165, 1.54) is 45.3 Å². The van der Waals surface area contributed by atoms with Crippen molar-refractivity contribution >= 4 is 0 Å². The summed E-state index contributed by atoms with van der Waals surface area (Å²) in [6, 6.07) is 0.809. The maximum atomic E-state index is 2.45. The van der Waals surface area contributed by atoms with Gasteiger partial charge in [0.05, 0.1) is 12.6 Å². The highest BCUT2D eigenvalue weighted by atomic mass is 15.0. The minimum absolute atomic E-state index is 0.809. The van der Waals surface area contributed by atoms with Crippen molar-refractivity contribution in [3.8, 4) is 0 Å². The van der Waals surface area contributed by atoms with Crippen molar-refractivity contribution < 1.29 is 10.6 Å². The van der Waals surface area contributed by atoms with E-state index >= 15 is 0 Å². The quantitative estimate of drug-likeness (QED) is 0.481. The van der Waals surface area contributed by atoms with Gasteiger partial charge in [0.1, 0.15) is 13.1 Å². The number of unbranched alkanes of at least 4 members (excludes halogenated alkanes) is 2. The number of quaternary nitrogens is 2. The highest BCUT2D eigenvalue weighted by Gasteiger charge is 2.00. The second-order valence-electron chi connectivity index (χ2n) is 3.98. The summed E-state index contributed by atoms with van der Waals surface area (Å²) in [5.41, 5.74) is 0. The van der Waals surface area contributed by atoms with Crippen molar-refractivity contribution in [1.82, 2.24) is 0 Å². The Labute approximate surface area is 83.5 Å². The summed E-state index contributed by atoms with van der Waals surface area (Å²) >= 11 is 0. The summed E-state index contributed by atoms with van der Waals surface area (Å²) in [5, 5.41) is 4.91. The van der Waals surface area contributed by atoms with Crippen LogP contribution in [0.4, 0.5) is 0 Å². The molecule has 1 atom stereocenters. The Morgan fingerprint density at radius 1 is 1.00 bits per heavy atom. The Bertz CT molecular complexity index is 94.1. The molecule has 0 heterocycles. The Balaban J connectivity index is 2.91. The van der Waals surface area contributed by atoms with Gasteiger partial charge in [0.15, 0.2) is 0 Å². The van der Waals surface area contributed by atoms with E-state index in [0.717, 1.165) is 6.04 Å². The minimum atomic E-state index is 0.809. The zero-order chi connectivity index (χ0) is 9.94. The van der Waals surface area contributed by atoms with Gasteiger partial charge in [0.25, 0.3) is 0 Å². The SMILES string of the molecule is CCCCC[NH2+]CC[NH2+][C@H](C)CC. The third-order valence-corrected chi connectivity index (χ3v) is 2.60. The van der Waals surface area contributed by atoms with Crippen LogP contribution in [0.3, 0.4) is 0 Å². The van der Waals surface area contributed by atoms with Crippen molar-refractivity contribution in [2.24, 2.45) is 0 Å². The monoisotopic (exact) mass is 188 g/mol. The lowest BCUT2D eigenvalue weighted by molar-refractivity contribution is -0.739.